The zero-order chi connectivity index (χ0) is 15.8. The van der Waals surface area contributed by atoms with Crippen molar-refractivity contribution in [2.24, 2.45) is 0 Å². The molecule has 0 fully saturated rings. The number of benzene rings is 2. The third-order valence-corrected chi connectivity index (χ3v) is 3.70. The van der Waals surface area contributed by atoms with Gasteiger partial charge in [-0.1, -0.05) is 12.1 Å². The number of aryl methyl sites for hydroxylation is 1. The highest BCUT2D eigenvalue weighted by Gasteiger charge is 2.15. The average molecular weight is 309 g/mol. The van der Waals surface area contributed by atoms with Gasteiger partial charge in [0.05, 0.1) is 0 Å². The largest absolute Gasteiger partial charge is 0.486 e. The number of carbonyl (C=O) groups excluding carboxylic acids is 1. The summed E-state index contributed by atoms with van der Waals surface area (Å²) in [5.41, 5.74) is 2.43. The Kier molecular flexibility index (Phi) is 3.19. The van der Waals surface area contributed by atoms with Gasteiger partial charge in [-0.15, -0.1) is 0 Å². The zero-order valence-corrected chi connectivity index (χ0v) is 12.6. The number of carbonyl (C=O) groups is 1. The monoisotopic (exact) mass is 309 g/mol. The topological polar surface area (TPSA) is 60.7 Å². The van der Waals surface area contributed by atoms with E-state index < -0.39 is 0 Å². The summed E-state index contributed by atoms with van der Waals surface area (Å²) in [6.45, 7) is 3.03. The Morgan fingerprint density at radius 3 is 2.70 bits per heavy atom. The van der Waals surface area contributed by atoms with Crippen LogP contribution in [0.2, 0.25) is 0 Å². The molecule has 0 bridgehead atoms. The van der Waals surface area contributed by atoms with Gasteiger partial charge in [0.1, 0.15) is 18.8 Å². The van der Waals surface area contributed by atoms with Gasteiger partial charge in [-0.2, -0.15) is 0 Å². The fraction of sp³-hybridized carbons (Fsp3) is 0.167. The Hall–Kier alpha value is -2.95. The van der Waals surface area contributed by atoms with Crippen LogP contribution in [-0.2, 0) is 0 Å². The van der Waals surface area contributed by atoms with Crippen molar-refractivity contribution in [2.45, 2.75) is 6.92 Å². The second-order valence-electron chi connectivity index (χ2n) is 5.46. The van der Waals surface area contributed by atoms with E-state index in [1.54, 1.807) is 24.3 Å². The highest BCUT2D eigenvalue weighted by Crippen LogP contribution is 2.32. The lowest BCUT2D eigenvalue weighted by Gasteiger charge is -2.18. The van der Waals surface area contributed by atoms with Crippen molar-refractivity contribution in [3.8, 4) is 11.5 Å². The van der Waals surface area contributed by atoms with E-state index in [-0.39, 0.29) is 11.7 Å². The van der Waals surface area contributed by atoms with Crippen LogP contribution in [-0.4, -0.2) is 19.1 Å². The van der Waals surface area contributed by atoms with E-state index in [2.05, 4.69) is 5.32 Å². The van der Waals surface area contributed by atoms with Crippen LogP contribution in [0, 0.1) is 6.92 Å². The van der Waals surface area contributed by atoms with Crippen LogP contribution in [0.15, 0.2) is 46.9 Å². The molecule has 1 aromatic heterocycles. The zero-order valence-electron chi connectivity index (χ0n) is 12.6. The molecule has 0 spiro atoms. The summed E-state index contributed by atoms with van der Waals surface area (Å²) in [6.07, 6.45) is 0. The maximum Gasteiger partial charge on any atom is 0.291 e. The molecule has 23 heavy (non-hydrogen) atoms. The first-order valence-electron chi connectivity index (χ1n) is 7.40. The Balaban J connectivity index is 1.59. The van der Waals surface area contributed by atoms with E-state index in [1.165, 1.54) is 0 Å². The first-order chi connectivity index (χ1) is 11.2. The summed E-state index contributed by atoms with van der Waals surface area (Å²) in [4.78, 5) is 12.4. The van der Waals surface area contributed by atoms with Crippen molar-refractivity contribution in [3.63, 3.8) is 0 Å². The predicted octanol–water partition coefficient (Wildman–Crippen LogP) is 3.76. The smallest absolute Gasteiger partial charge is 0.291 e. The van der Waals surface area contributed by atoms with Gasteiger partial charge < -0.3 is 19.2 Å². The molecule has 3 aromatic rings. The summed E-state index contributed by atoms with van der Waals surface area (Å²) in [7, 11) is 0. The molecule has 1 N–H and O–H groups in total. The van der Waals surface area contributed by atoms with Gasteiger partial charge in [-0.05, 0) is 36.8 Å². The molecule has 0 saturated carbocycles. The molecule has 0 saturated heterocycles. The summed E-state index contributed by atoms with van der Waals surface area (Å²) < 4.78 is 16.6. The highest BCUT2D eigenvalue weighted by molar-refractivity contribution is 6.04. The van der Waals surface area contributed by atoms with Crippen molar-refractivity contribution in [1.29, 1.82) is 0 Å². The molecule has 0 atom stereocenters. The van der Waals surface area contributed by atoms with E-state index in [0.717, 1.165) is 10.9 Å². The van der Waals surface area contributed by atoms with Gasteiger partial charge in [0, 0.05) is 17.1 Å². The number of nitrogens with one attached hydrogen (secondary N) is 1. The molecule has 0 unspecified atom stereocenters. The summed E-state index contributed by atoms with van der Waals surface area (Å²) in [5.74, 6) is 1.30. The molecule has 0 aliphatic carbocycles. The third kappa shape index (κ3) is 2.61. The van der Waals surface area contributed by atoms with Gasteiger partial charge in [-0.25, -0.2) is 0 Å². The molecule has 116 valence electrons. The molecular weight excluding hydrogens is 294 g/mol. The molecule has 5 heteroatoms. The molecule has 5 nitrogen and oxygen atoms in total. The van der Waals surface area contributed by atoms with Crippen molar-refractivity contribution in [1.82, 2.24) is 0 Å². The molecule has 4 rings (SSSR count). The lowest BCUT2D eigenvalue weighted by Crippen LogP contribution is -2.16. The van der Waals surface area contributed by atoms with E-state index in [0.29, 0.717) is 36.0 Å². The number of amides is 1. The van der Waals surface area contributed by atoms with Gasteiger partial charge in [0.15, 0.2) is 17.3 Å². The van der Waals surface area contributed by atoms with E-state index in [1.807, 2.05) is 25.1 Å². The van der Waals surface area contributed by atoms with Crippen molar-refractivity contribution in [2.75, 3.05) is 18.5 Å². The van der Waals surface area contributed by atoms with Gasteiger partial charge in [-0.3, -0.25) is 4.79 Å². The quantitative estimate of drug-likeness (QED) is 0.783. The second kappa shape index (κ2) is 5.35. The highest BCUT2D eigenvalue weighted by atomic mass is 16.6. The fourth-order valence-electron chi connectivity index (χ4n) is 2.56. The van der Waals surface area contributed by atoms with Gasteiger partial charge in [0.25, 0.3) is 5.91 Å². The standard InChI is InChI=1S/C18H15NO4/c1-11-2-3-12-9-17(23-15(12)8-11)18(20)19-13-4-5-14-16(10-13)22-7-6-21-14/h2-5,8-10H,6-7H2,1H3,(H,19,20). The van der Waals surface area contributed by atoms with Crippen molar-refractivity contribution in [3.05, 3.63) is 53.8 Å². The first kappa shape index (κ1) is 13.7. The van der Waals surface area contributed by atoms with E-state index in [4.69, 9.17) is 13.9 Å². The lowest BCUT2D eigenvalue weighted by atomic mass is 10.2. The SMILES string of the molecule is Cc1ccc2cc(C(=O)Nc3ccc4c(c3)OCCO4)oc2c1. The summed E-state index contributed by atoms with van der Waals surface area (Å²) in [6, 6.07) is 12.9. The third-order valence-electron chi connectivity index (χ3n) is 3.70. The van der Waals surface area contributed by atoms with Crippen LogP contribution in [0.1, 0.15) is 16.1 Å². The molecule has 0 radical (unpaired) electrons. The molecule has 1 aliphatic heterocycles. The molecule has 2 heterocycles. The number of hydrogen-bond acceptors (Lipinski definition) is 4. The minimum atomic E-state index is -0.296. The predicted molar refractivity (Wildman–Crippen MR) is 86.3 cm³/mol. The van der Waals surface area contributed by atoms with Gasteiger partial charge >= 0.3 is 0 Å². The number of hydrogen-bond donors (Lipinski definition) is 1. The van der Waals surface area contributed by atoms with Crippen LogP contribution in [0.3, 0.4) is 0 Å². The molecule has 1 amide bonds. The molecule has 1 aliphatic rings. The number of fused-ring (bicyclic) bond motifs is 2. The van der Waals surface area contributed by atoms with Crippen molar-refractivity contribution < 1.29 is 18.7 Å². The number of rotatable bonds is 2. The minimum Gasteiger partial charge on any atom is -0.486 e. The fourth-order valence-corrected chi connectivity index (χ4v) is 2.56. The van der Waals surface area contributed by atoms with E-state index in [9.17, 15) is 4.79 Å². The van der Waals surface area contributed by atoms with Crippen LogP contribution in [0.4, 0.5) is 5.69 Å². The second-order valence-corrected chi connectivity index (χ2v) is 5.46. The number of ether oxygens (including phenoxy) is 2. The average Bonchev–Trinajstić information content (AvgIpc) is 2.98. The summed E-state index contributed by atoms with van der Waals surface area (Å²) >= 11 is 0. The maximum atomic E-state index is 12.4. The Bertz CT molecular complexity index is 897. The number of anilines is 1. The Morgan fingerprint density at radius 2 is 1.83 bits per heavy atom. The Labute approximate surface area is 132 Å². The lowest BCUT2D eigenvalue weighted by molar-refractivity contribution is 0.0998. The van der Waals surface area contributed by atoms with E-state index >= 15 is 0 Å². The molecular formula is C18H15NO4. The summed E-state index contributed by atoms with van der Waals surface area (Å²) in [5, 5.41) is 3.72. The van der Waals surface area contributed by atoms with Gasteiger partial charge in [0.2, 0.25) is 0 Å². The number of furan rings is 1. The van der Waals surface area contributed by atoms with Crippen LogP contribution >= 0.6 is 0 Å². The van der Waals surface area contributed by atoms with Crippen LogP contribution in [0.25, 0.3) is 11.0 Å². The molecule has 2 aromatic carbocycles. The van der Waals surface area contributed by atoms with Crippen molar-refractivity contribution >= 4 is 22.6 Å². The Morgan fingerprint density at radius 1 is 1.00 bits per heavy atom. The normalized spacial score (nSPS) is 13.1. The first-order valence-corrected chi connectivity index (χ1v) is 7.40. The maximum absolute atomic E-state index is 12.4. The minimum absolute atomic E-state index is 0.278. The van der Waals surface area contributed by atoms with Crippen LogP contribution in [0.5, 0.6) is 11.5 Å². The van der Waals surface area contributed by atoms with Crippen LogP contribution < -0.4 is 14.8 Å².